The van der Waals surface area contributed by atoms with Gasteiger partial charge >= 0.3 is 39.5 Å². The molecule has 0 fully saturated rings. The van der Waals surface area contributed by atoms with Crippen molar-refractivity contribution in [1.29, 1.82) is 0 Å². The number of aliphatic hydroxyl groups excluding tert-OH is 1. The third-order valence-electron chi connectivity index (χ3n) is 17.0. The van der Waals surface area contributed by atoms with E-state index in [2.05, 4.69) is 41.5 Å². The lowest BCUT2D eigenvalue weighted by atomic mass is 10.0. The molecule has 546 valence electrons. The summed E-state index contributed by atoms with van der Waals surface area (Å²) in [5.41, 5.74) is 0. The number of hydrogen-bond acceptors (Lipinski definition) is 15. The number of hydrogen-bond donors (Lipinski definition) is 3. The minimum atomic E-state index is -4.95. The van der Waals surface area contributed by atoms with Gasteiger partial charge in [0.2, 0.25) is 0 Å². The Morgan fingerprint density at radius 2 is 0.500 bits per heavy atom. The summed E-state index contributed by atoms with van der Waals surface area (Å²) >= 11 is 0. The highest BCUT2D eigenvalue weighted by Gasteiger charge is 2.30. The first kappa shape index (κ1) is 90.1. The van der Waals surface area contributed by atoms with E-state index >= 15 is 0 Å². The standard InChI is InChI=1S/C73H142O17P2/c1-7-9-11-13-14-15-16-17-18-19-20-21-22-23-26-30-33-39-45-51-57-72(77)90-69(62-84-71(76)56-50-44-38-32-29-27-24-25-28-31-36-42-47-53-65(3)4)64-88-92(81,82)86-60-67(74)59-85-91(79,80)87-63-68(61-83-70(75)55-49-41-12-10-8-2)89-73(78)58-52-46-40-35-34-37-43-48-54-66(5)6/h65-69,74H,7-64H2,1-6H3,(H,79,80)(H,81,82)/t67-,68+,69+/m0/s1. The van der Waals surface area contributed by atoms with Gasteiger partial charge < -0.3 is 33.8 Å². The van der Waals surface area contributed by atoms with Gasteiger partial charge in [0.25, 0.3) is 0 Å². The molecule has 0 aromatic heterocycles. The zero-order valence-electron chi connectivity index (χ0n) is 59.9. The Hall–Kier alpha value is -1.94. The van der Waals surface area contributed by atoms with Crippen LogP contribution in [0.4, 0.5) is 0 Å². The third-order valence-corrected chi connectivity index (χ3v) is 18.9. The predicted octanol–water partition coefficient (Wildman–Crippen LogP) is 21.2. The van der Waals surface area contributed by atoms with E-state index in [4.69, 9.17) is 37.0 Å². The van der Waals surface area contributed by atoms with Crippen LogP contribution in [0.25, 0.3) is 0 Å². The Balaban J connectivity index is 5.13. The maximum absolute atomic E-state index is 13.1. The van der Waals surface area contributed by atoms with Crippen molar-refractivity contribution in [1.82, 2.24) is 0 Å². The minimum absolute atomic E-state index is 0.104. The van der Waals surface area contributed by atoms with Crippen LogP contribution < -0.4 is 0 Å². The summed E-state index contributed by atoms with van der Waals surface area (Å²) in [4.78, 5) is 72.4. The van der Waals surface area contributed by atoms with Crippen molar-refractivity contribution in [3.63, 3.8) is 0 Å². The summed E-state index contributed by atoms with van der Waals surface area (Å²) in [6.45, 7) is 9.45. The van der Waals surface area contributed by atoms with E-state index in [-0.39, 0.29) is 25.7 Å². The lowest BCUT2D eigenvalue weighted by Crippen LogP contribution is -2.30. The van der Waals surface area contributed by atoms with Crippen LogP contribution in [0.5, 0.6) is 0 Å². The molecule has 0 heterocycles. The van der Waals surface area contributed by atoms with Crippen molar-refractivity contribution in [2.24, 2.45) is 11.8 Å². The number of esters is 4. The van der Waals surface area contributed by atoms with E-state index < -0.39 is 97.5 Å². The third kappa shape index (κ3) is 66.7. The first-order chi connectivity index (χ1) is 44.4. The SMILES string of the molecule is CCCCCCCCCCCCCCCCCCCCCCC(=O)O[C@H](COC(=O)CCCCCCCCCCCCCCCC(C)C)COP(=O)(O)OC[C@@H](O)COP(=O)(O)OC[C@@H](COC(=O)CCCCCCC)OC(=O)CCCCCCCCCCC(C)C. The first-order valence-electron chi connectivity index (χ1n) is 38.0. The van der Waals surface area contributed by atoms with E-state index in [9.17, 15) is 43.2 Å². The number of phosphoric ester groups is 2. The van der Waals surface area contributed by atoms with E-state index in [0.717, 1.165) is 108 Å². The molecule has 0 amide bonds. The van der Waals surface area contributed by atoms with Crippen molar-refractivity contribution in [2.75, 3.05) is 39.6 Å². The number of rotatable bonds is 72. The van der Waals surface area contributed by atoms with Gasteiger partial charge in [0, 0.05) is 25.7 Å². The monoisotopic (exact) mass is 1350 g/mol. The number of ether oxygens (including phenoxy) is 4. The zero-order valence-corrected chi connectivity index (χ0v) is 61.6. The second-order valence-corrected chi connectivity index (χ2v) is 30.2. The Morgan fingerprint density at radius 1 is 0.293 bits per heavy atom. The van der Waals surface area contributed by atoms with Gasteiger partial charge in [-0.1, -0.05) is 324 Å². The van der Waals surface area contributed by atoms with Crippen LogP contribution in [0.1, 0.15) is 375 Å². The molecule has 17 nitrogen and oxygen atoms in total. The van der Waals surface area contributed by atoms with Crippen LogP contribution in [0.15, 0.2) is 0 Å². The molecule has 0 saturated heterocycles. The maximum Gasteiger partial charge on any atom is 0.472 e. The Kier molecular flexibility index (Phi) is 63.7. The smallest absolute Gasteiger partial charge is 0.462 e. The summed E-state index contributed by atoms with van der Waals surface area (Å²) < 4.78 is 68.2. The number of phosphoric acid groups is 2. The average Bonchev–Trinajstić information content (AvgIpc) is 2.59. The Bertz CT molecular complexity index is 1790. The molecule has 19 heteroatoms. The fourth-order valence-electron chi connectivity index (χ4n) is 11.1. The van der Waals surface area contributed by atoms with Gasteiger partial charge in [0.15, 0.2) is 12.2 Å². The van der Waals surface area contributed by atoms with Crippen molar-refractivity contribution in [2.45, 2.75) is 394 Å². The van der Waals surface area contributed by atoms with Crippen LogP contribution in [0.2, 0.25) is 0 Å². The molecule has 0 radical (unpaired) electrons. The van der Waals surface area contributed by atoms with Crippen LogP contribution in [0, 0.1) is 11.8 Å². The quantitative estimate of drug-likeness (QED) is 0.0222. The topological polar surface area (TPSA) is 237 Å². The molecule has 92 heavy (non-hydrogen) atoms. The molecule has 0 aromatic rings. The fraction of sp³-hybridized carbons (Fsp3) is 0.945. The molecule has 0 spiro atoms. The largest absolute Gasteiger partial charge is 0.472 e. The van der Waals surface area contributed by atoms with Gasteiger partial charge in [0.1, 0.15) is 19.3 Å². The highest BCUT2D eigenvalue weighted by Crippen LogP contribution is 2.45. The normalized spacial score (nSPS) is 14.1. The predicted molar refractivity (Wildman–Crippen MR) is 372 cm³/mol. The zero-order chi connectivity index (χ0) is 67.9. The molecule has 0 aromatic carbocycles. The average molecular weight is 1350 g/mol. The summed E-state index contributed by atoms with van der Waals surface area (Å²) in [6, 6.07) is 0. The summed E-state index contributed by atoms with van der Waals surface area (Å²) in [7, 11) is -9.89. The molecule has 3 N–H and O–H groups in total. The summed E-state index contributed by atoms with van der Waals surface area (Å²) in [5.74, 6) is -0.624. The van der Waals surface area contributed by atoms with Crippen LogP contribution in [-0.4, -0.2) is 96.7 Å². The van der Waals surface area contributed by atoms with Crippen LogP contribution >= 0.6 is 15.6 Å². The highest BCUT2D eigenvalue weighted by atomic mass is 31.2. The van der Waals surface area contributed by atoms with E-state index in [1.165, 1.54) is 186 Å². The van der Waals surface area contributed by atoms with Crippen molar-refractivity contribution in [3.8, 4) is 0 Å². The Labute approximate surface area is 562 Å². The number of unbranched alkanes of at least 4 members (excludes halogenated alkanes) is 42. The van der Waals surface area contributed by atoms with Crippen molar-refractivity contribution >= 4 is 39.5 Å². The lowest BCUT2D eigenvalue weighted by Gasteiger charge is -2.21. The molecule has 0 rings (SSSR count). The molecule has 0 bridgehead atoms. The summed E-state index contributed by atoms with van der Waals surface area (Å²) in [5, 5.41) is 10.6. The molecule has 0 aliphatic heterocycles. The van der Waals surface area contributed by atoms with E-state index in [1.54, 1.807) is 0 Å². The van der Waals surface area contributed by atoms with Gasteiger partial charge in [-0.3, -0.25) is 37.3 Å². The molecular weight excluding hydrogens is 1210 g/mol. The molecule has 0 saturated carbocycles. The van der Waals surface area contributed by atoms with Crippen LogP contribution in [-0.2, 0) is 65.4 Å². The highest BCUT2D eigenvalue weighted by molar-refractivity contribution is 7.47. The minimum Gasteiger partial charge on any atom is -0.462 e. The second-order valence-electron chi connectivity index (χ2n) is 27.3. The van der Waals surface area contributed by atoms with Gasteiger partial charge in [0.05, 0.1) is 26.4 Å². The number of aliphatic hydroxyl groups is 1. The van der Waals surface area contributed by atoms with Gasteiger partial charge in [-0.25, -0.2) is 9.13 Å². The Morgan fingerprint density at radius 3 is 0.739 bits per heavy atom. The maximum atomic E-state index is 13.1. The molecular formula is C73H142O17P2. The van der Waals surface area contributed by atoms with Crippen molar-refractivity contribution in [3.05, 3.63) is 0 Å². The van der Waals surface area contributed by atoms with Crippen molar-refractivity contribution < 1.29 is 80.2 Å². The van der Waals surface area contributed by atoms with Crippen LogP contribution in [0.3, 0.4) is 0 Å². The van der Waals surface area contributed by atoms with Gasteiger partial charge in [-0.15, -0.1) is 0 Å². The second kappa shape index (κ2) is 65.0. The molecule has 0 aliphatic carbocycles. The van der Waals surface area contributed by atoms with Gasteiger partial charge in [-0.05, 0) is 37.5 Å². The lowest BCUT2D eigenvalue weighted by molar-refractivity contribution is -0.161. The first-order valence-corrected chi connectivity index (χ1v) is 41.0. The number of carbonyl (C=O) groups is 4. The van der Waals surface area contributed by atoms with Gasteiger partial charge in [-0.2, -0.15) is 0 Å². The molecule has 5 atom stereocenters. The van der Waals surface area contributed by atoms with E-state index in [0.29, 0.717) is 25.7 Å². The van der Waals surface area contributed by atoms with E-state index in [1.807, 2.05) is 0 Å². The molecule has 2 unspecified atom stereocenters. The molecule has 0 aliphatic rings. The summed E-state index contributed by atoms with van der Waals surface area (Å²) in [6.07, 6.45) is 51.9. The number of carbonyl (C=O) groups excluding carboxylic acids is 4. The fourth-order valence-corrected chi connectivity index (χ4v) is 12.7.